The molecule has 2 aromatic rings. The van der Waals surface area contributed by atoms with Gasteiger partial charge in [0.25, 0.3) is 0 Å². The van der Waals surface area contributed by atoms with E-state index in [0.717, 1.165) is 11.8 Å². The van der Waals surface area contributed by atoms with Crippen LogP contribution in [-0.2, 0) is 16.4 Å². The van der Waals surface area contributed by atoms with Crippen molar-refractivity contribution in [2.75, 3.05) is 6.26 Å². The van der Waals surface area contributed by atoms with Gasteiger partial charge in [-0.1, -0.05) is 30.3 Å². The van der Waals surface area contributed by atoms with Crippen LogP contribution in [0, 0.1) is 0 Å². The van der Waals surface area contributed by atoms with Crippen molar-refractivity contribution < 1.29 is 17.9 Å². The Balaban J connectivity index is 1.90. The first-order valence-corrected chi connectivity index (χ1v) is 8.14. The van der Waals surface area contributed by atoms with Crippen LogP contribution in [0.5, 0.6) is 5.75 Å². The number of carbonyl (C=O) groups excluding carboxylic acids is 1. The van der Waals surface area contributed by atoms with Gasteiger partial charge in [0, 0.05) is 12.8 Å². The number of rotatable bonds is 4. The molecule has 0 aromatic heterocycles. The number of hydrogen-bond donors (Lipinski definition) is 1. The van der Waals surface area contributed by atoms with Crippen molar-refractivity contribution in [3.05, 3.63) is 60.2 Å². The lowest BCUT2D eigenvalue weighted by Crippen LogP contribution is -2.26. The molecular weight excluding hydrogens is 290 g/mol. The fourth-order valence-corrected chi connectivity index (χ4v) is 2.29. The van der Waals surface area contributed by atoms with Crippen molar-refractivity contribution in [1.29, 1.82) is 0 Å². The molecule has 0 aliphatic heterocycles. The lowest BCUT2D eigenvalue weighted by molar-refractivity contribution is 0.200. The van der Waals surface area contributed by atoms with E-state index in [0.29, 0.717) is 5.75 Å². The van der Waals surface area contributed by atoms with Gasteiger partial charge < -0.3 is 10.1 Å². The van der Waals surface area contributed by atoms with E-state index in [2.05, 4.69) is 5.32 Å². The predicted molar refractivity (Wildman–Crippen MR) is 78.9 cm³/mol. The molecule has 2 aromatic carbocycles. The highest BCUT2D eigenvalue weighted by Gasteiger charge is 2.07. The molecule has 2 rings (SSSR count). The number of hydrogen-bond acceptors (Lipinski definition) is 4. The van der Waals surface area contributed by atoms with Crippen LogP contribution in [0.2, 0.25) is 0 Å². The van der Waals surface area contributed by atoms with Crippen molar-refractivity contribution in [2.24, 2.45) is 0 Å². The van der Waals surface area contributed by atoms with Gasteiger partial charge in [0.1, 0.15) is 5.75 Å². The molecule has 6 heteroatoms. The standard InChI is InChI=1S/C15H15NO4S/c1-21(18,19)14-9-7-12(8-10-14)11-16-15(17)20-13-5-3-2-4-6-13/h2-10H,11H2,1H3,(H,16,17). The molecule has 0 spiro atoms. The summed E-state index contributed by atoms with van der Waals surface area (Å²) in [6, 6.07) is 15.1. The summed E-state index contributed by atoms with van der Waals surface area (Å²) in [6.07, 6.45) is 0.589. The van der Waals surface area contributed by atoms with Gasteiger partial charge >= 0.3 is 6.09 Å². The number of ether oxygens (including phenoxy) is 1. The fourth-order valence-electron chi connectivity index (χ4n) is 1.66. The van der Waals surface area contributed by atoms with Gasteiger partial charge in [0.2, 0.25) is 0 Å². The largest absolute Gasteiger partial charge is 0.412 e. The highest BCUT2D eigenvalue weighted by Crippen LogP contribution is 2.11. The van der Waals surface area contributed by atoms with Crippen LogP contribution in [0.4, 0.5) is 4.79 Å². The third kappa shape index (κ3) is 4.61. The molecule has 0 atom stereocenters. The van der Waals surface area contributed by atoms with Crippen molar-refractivity contribution in [3.8, 4) is 5.75 Å². The van der Waals surface area contributed by atoms with Gasteiger partial charge in [-0.3, -0.25) is 0 Å². The van der Waals surface area contributed by atoms with Gasteiger partial charge in [-0.2, -0.15) is 0 Å². The molecule has 0 fully saturated rings. The first-order valence-electron chi connectivity index (χ1n) is 6.25. The summed E-state index contributed by atoms with van der Waals surface area (Å²) in [7, 11) is -3.20. The molecule has 1 amide bonds. The Morgan fingerprint density at radius 2 is 1.67 bits per heavy atom. The number of para-hydroxylation sites is 1. The van der Waals surface area contributed by atoms with E-state index < -0.39 is 15.9 Å². The minimum Gasteiger partial charge on any atom is -0.410 e. The average molecular weight is 305 g/mol. The van der Waals surface area contributed by atoms with E-state index in [-0.39, 0.29) is 11.4 Å². The molecule has 0 aliphatic carbocycles. The summed E-state index contributed by atoms with van der Waals surface area (Å²) < 4.78 is 27.7. The molecule has 5 nitrogen and oxygen atoms in total. The van der Waals surface area contributed by atoms with Crippen LogP contribution in [0.1, 0.15) is 5.56 Å². The monoisotopic (exact) mass is 305 g/mol. The van der Waals surface area contributed by atoms with E-state index in [4.69, 9.17) is 4.74 Å². The number of amides is 1. The Labute approximate surface area is 123 Å². The number of nitrogens with one attached hydrogen (secondary N) is 1. The molecule has 0 radical (unpaired) electrons. The molecule has 0 aliphatic rings. The number of benzene rings is 2. The third-order valence-corrected chi connectivity index (χ3v) is 3.87. The Bertz CT molecular complexity index is 709. The molecule has 110 valence electrons. The molecule has 0 saturated carbocycles. The number of sulfone groups is 1. The molecule has 0 unspecified atom stereocenters. The van der Waals surface area contributed by atoms with Crippen molar-refractivity contribution in [2.45, 2.75) is 11.4 Å². The highest BCUT2D eigenvalue weighted by atomic mass is 32.2. The third-order valence-electron chi connectivity index (χ3n) is 2.74. The van der Waals surface area contributed by atoms with Crippen LogP contribution in [-0.4, -0.2) is 20.8 Å². The van der Waals surface area contributed by atoms with E-state index in [1.807, 2.05) is 6.07 Å². The molecule has 21 heavy (non-hydrogen) atoms. The maximum Gasteiger partial charge on any atom is 0.412 e. The SMILES string of the molecule is CS(=O)(=O)c1ccc(CNC(=O)Oc2ccccc2)cc1. The second-order valence-corrected chi connectivity index (χ2v) is 6.49. The van der Waals surface area contributed by atoms with Gasteiger partial charge in [0.15, 0.2) is 9.84 Å². The molecule has 0 bridgehead atoms. The van der Waals surface area contributed by atoms with Crippen LogP contribution in [0.3, 0.4) is 0 Å². The van der Waals surface area contributed by atoms with Gasteiger partial charge in [-0.15, -0.1) is 0 Å². The van der Waals surface area contributed by atoms with Crippen LogP contribution in [0.25, 0.3) is 0 Å². The zero-order valence-electron chi connectivity index (χ0n) is 11.4. The highest BCUT2D eigenvalue weighted by molar-refractivity contribution is 7.90. The summed E-state index contributed by atoms with van der Waals surface area (Å²) in [5, 5.41) is 2.60. The van der Waals surface area contributed by atoms with E-state index >= 15 is 0 Å². The first-order chi connectivity index (χ1) is 9.95. The van der Waals surface area contributed by atoms with Crippen LogP contribution < -0.4 is 10.1 Å². The first kappa shape index (κ1) is 15.1. The zero-order chi connectivity index (χ0) is 15.3. The summed E-state index contributed by atoms with van der Waals surface area (Å²) in [5.41, 5.74) is 0.785. The van der Waals surface area contributed by atoms with E-state index in [1.54, 1.807) is 36.4 Å². The second-order valence-electron chi connectivity index (χ2n) is 4.47. The second kappa shape index (κ2) is 6.41. The van der Waals surface area contributed by atoms with Crippen molar-refractivity contribution >= 4 is 15.9 Å². The normalized spacial score (nSPS) is 10.9. The Kier molecular flexibility index (Phi) is 4.59. The van der Waals surface area contributed by atoms with Crippen molar-refractivity contribution in [3.63, 3.8) is 0 Å². The van der Waals surface area contributed by atoms with Crippen LogP contribution in [0.15, 0.2) is 59.5 Å². The topological polar surface area (TPSA) is 72.5 Å². The smallest absolute Gasteiger partial charge is 0.410 e. The summed E-state index contributed by atoms with van der Waals surface area (Å²) in [6.45, 7) is 0.260. The Morgan fingerprint density at radius 3 is 2.24 bits per heavy atom. The Morgan fingerprint density at radius 1 is 1.05 bits per heavy atom. The molecule has 0 heterocycles. The average Bonchev–Trinajstić information content (AvgIpc) is 2.46. The van der Waals surface area contributed by atoms with Gasteiger partial charge in [-0.25, -0.2) is 13.2 Å². The van der Waals surface area contributed by atoms with E-state index in [9.17, 15) is 13.2 Å². The Hall–Kier alpha value is -2.34. The van der Waals surface area contributed by atoms with Crippen LogP contribution >= 0.6 is 0 Å². The summed E-state index contributed by atoms with van der Waals surface area (Å²) >= 11 is 0. The molecular formula is C15H15NO4S. The molecule has 0 saturated heterocycles. The number of carbonyl (C=O) groups is 1. The lowest BCUT2D eigenvalue weighted by Gasteiger charge is -2.07. The maximum absolute atomic E-state index is 11.6. The van der Waals surface area contributed by atoms with E-state index in [1.165, 1.54) is 12.1 Å². The predicted octanol–water partition coefficient (Wildman–Crippen LogP) is 2.38. The minimum absolute atomic E-state index is 0.248. The van der Waals surface area contributed by atoms with Gasteiger partial charge in [-0.05, 0) is 29.8 Å². The zero-order valence-corrected chi connectivity index (χ0v) is 12.3. The van der Waals surface area contributed by atoms with Crippen molar-refractivity contribution in [1.82, 2.24) is 5.32 Å². The minimum atomic E-state index is -3.20. The maximum atomic E-state index is 11.6. The summed E-state index contributed by atoms with van der Waals surface area (Å²) in [4.78, 5) is 11.8. The van der Waals surface area contributed by atoms with Gasteiger partial charge in [0.05, 0.1) is 4.90 Å². The lowest BCUT2D eigenvalue weighted by atomic mass is 10.2. The fraction of sp³-hybridized carbons (Fsp3) is 0.133. The quantitative estimate of drug-likeness (QED) is 0.941. The summed E-state index contributed by atoms with van der Waals surface area (Å²) in [5.74, 6) is 0.461. The molecule has 1 N–H and O–H groups in total.